The number of halogens is 1. The van der Waals surface area contributed by atoms with E-state index in [9.17, 15) is 9.59 Å². The van der Waals surface area contributed by atoms with Crippen molar-refractivity contribution in [2.24, 2.45) is 0 Å². The molecule has 0 atom stereocenters. The highest BCUT2D eigenvalue weighted by molar-refractivity contribution is 7.14. The molecule has 1 amide bonds. The first-order valence-electron chi connectivity index (χ1n) is 5.87. The Morgan fingerprint density at radius 3 is 2.62 bits per heavy atom. The zero-order valence-electron chi connectivity index (χ0n) is 11.3. The highest BCUT2D eigenvalue weighted by Gasteiger charge is 2.16. The molecule has 2 aromatic rings. The van der Waals surface area contributed by atoms with E-state index in [1.807, 2.05) is 0 Å². The lowest BCUT2D eigenvalue weighted by Crippen LogP contribution is -2.13. The van der Waals surface area contributed by atoms with E-state index < -0.39 is 5.97 Å². The molecular weight excluding hydrogens is 314 g/mol. The fourth-order valence-electron chi connectivity index (χ4n) is 1.66. The van der Waals surface area contributed by atoms with Crippen molar-refractivity contribution in [2.75, 3.05) is 19.5 Å². The van der Waals surface area contributed by atoms with E-state index >= 15 is 0 Å². The molecule has 1 heterocycles. The number of thiophene rings is 1. The van der Waals surface area contributed by atoms with Gasteiger partial charge in [-0.3, -0.25) is 4.79 Å². The summed E-state index contributed by atoms with van der Waals surface area (Å²) in [6.45, 7) is 0. The average Bonchev–Trinajstić information content (AvgIpc) is 2.94. The molecule has 0 aliphatic rings. The summed E-state index contributed by atoms with van der Waals surface area (Å²) >= 11 is 7.22. The number of esters is 1. The molecule has 1 aromatic carbocycles. The fraction of sp³-hybridized carbons (Fsp3) is 0.143. The predicted octanol–water partition coefficient (Wildman–Crippen LogP) is 3.45. The standard InChI is InChI=1S/C14H12ClNO4S/c1-19-11-4-3-8(7-10(11)15)12(17)16-13-9(5-6-21-13)14(18)20-2/h3-7H,1-2H3,(H,16,17). The number of anilines is 1. The van der Waals surface area contributed by atoms with E-state index in [1.54, 1.807) is 23.6 Å². The van der Waals surface area contributed by atoms with Gasteiger partial charge >= 0.3 is 5.97 Å². The maximum atomic E-state index is 12.2. The minimum absolute atomic E-state index is 0.315. The summed E-state index contributed by atoms with van der Waals surface area (Å²) < 4.78 is 9.68. The van der Waals surface area contributed by atoms with E-state index in [1.165, 1.54) is 31.6 Å². The zero-order valence-corrected chi connectivity index (χ0v) is 12.9. The van der Waals surface area contributed by atoms with Crippen LogP contribution in [0.25, 0.3) is 0 Å². The molecule has 7 heteroatoms. The lowest BCUT2D eigenvalue weighted by molar-refractivity contribution is 0.0602. The van der Waals surface area contributed by atoms with Gasteiger partial charge in [-0.25, -0.2) is 4.79 Å². The summed E-state index contributed by atoms with van der Waals surface area (Å²) in [5, 5.41) is 5.13. The normalized spacial score (nSPS) is 10.0. The second-order valence-corrected chi connectivity index (χ2v) is 5.28. The maximum absolute atomic E-state index is 12.2. The van der Waals surface area contributed by atoms with Crippen LogP contribution in [0.15, 0.2) is 29.6 Å². The third-order valence-corrected chi connectivity index (χ3v) is 3.84. The first-order chi connectivity index (χ1) is 10.1. The highest BCUT2D eigenvalue weighted by Crippen LogP contribution is 2.27. The van der Waals surface area contributed by atoms with Gasteiger partial charge in [-0.2, -0.15) is 0 Å². The van der Waals surface area contributed by atoms with Crippen LogP contribution in [0.1, 0.15) is 20.7 Å². The molecule has 1 aromatic heterocycles. The number of nitrogens with one attached hydrogen (secondary N) is 1. The quantitative estimate of drug-likeness (QED) is 0.874. The van der Waals surface area contributed by atoms with Crippen LogP contribution in [0.3, 0.4) is 0 Å². The molecule has 0 saturated heterocycles. The number of benzene rings is 1. The zero-order chi connectivity index (χ0) is 15.4. The Balaban J connectivity index is 2.21. The van der Waals surface area contributed by atoms with Crippen LogP contribution in [0.5, 0.6) is 5.75 Å². The smallest absolute Gasteiger partial charge is 0.340 e. The second-order valence-electron chi connectivity index (χ2n) is 3.96. The summed E-state index contributed by atoms with van der Waals surface area (Å²) in [7, 11) is 2.78. The lowest BCUT2D eigenvalue weighted by Gasteiger charge is -2.07. The molecule has 110 valence electrons. The van der Waals surface area contributed by atoms with Crippen LogP contribution in [0.4, 0.5) is 5.00 Å². The number of carbonyl (C=O) groups is 2. The maximum Gasteiger partial charge on any atom is 0.340 e. The van der Waals surface area contributed by atoms with Gasteiger partial charge in [0.1, 0.15) is 10.8 Å². The average molecular weight is 326 g/mol. The second kappa shape index (κ2) is 6.60. The predicted molar refractivity (Wildman–Crippen MR) is 81.6 cm³/mol. The van der Waals surface area contributed by atoms with Gasteiger partial charge in [0.05, 0.1) is 24.8 Å². The first-order valence-corrected chi connectivity index (χ1v) is 7.13. The molecule has 0 fully saturated rings. The number of carbonyl (C=O) groups excluding carboxylic acids is 2. The SMILES string of the molecule is COC(=O)c1ccsc1NC(=O)c1ccc(OC)c(Cl)c1. The molecule has 0 aliphatic heterocycles. The first kappa shape index (κ1) is 15.3. The number of hydrogen-bond acceptors (Lipinski definition) is 5. The van der Waals surface area contributed by atoms with Gasteiger partial charge in [0.25, 0.3) is 5.91 Å². The highest BCUT2D eigenvalue weighted by atomic mass is 35.5. The van der Waals surface area contributed by atoms with Gasteiger partial charge in [-0.15, -0.1) is 11.3 Å². The number of hydrogen-bond donors (Lipinski definition) is 1. The molecular formula is C14H12ClNO4S. The van der Waals surface area contributed by atoms with Crippen molar-refractivity contribution in [3.8, 4) is 5.75 Å². The van der Waals surface area contributed by atoms with Crippen molar-refractivity contribution < 1.29 is 19.1 Å². The van der Waals surface area contributed by atoms with Crippen LogP contribution < -0.4 is 10.1 Å². The molecule has 0 radical (unpaired) electrons. The van der Waals surface area contributed by atoms with E-state index in [-0.39, 0.29) is 5.91 Å². The Bertz CT molecular complexity index is 683. The van der Waals surface area contributed by atoms with Crippen molar-refractivity contribution in [1.82, 2.24) is 0 Å². The summed E-state index contributed by atoms with van der Waals surface area (Å²) in [6, 6.07) is 6.28. The Hall–Kier alpha value is -2.05. The van der Waals surface area contributed by atoms with Crippen LogP contribution in [0, 0.1) is 0 Å². The number of ether oxygens (including phenoxy) is 2. The van der Waals surface area contributed by atoms with Gasteiger partial charge in [0.2, 0.25) is 0 Å². The fourth-order valence-corrected chi connectivity index (χ4v) is 2.69. The Morgan fingerprint density at radius 1 is 1.24 bits per heavy atom. The number of amides is 1. The molecule has 0 unspecified atom stereocenters. The topological polar surface area (TPSA) is 64.6 Å². The molecule has 2 rings (SSSR count). The van der Waals surface area contributed by atoms with E-state index in [0.29, 0.717) is 26.9 Å². The van der Waals surface area contributed by atoms with E-state index in [2.05, 4.69) is 10.1 Å². The summed E-state index contributed by atoms with van der Waals surface area (Å²) in [5.74, 6) is -0.383. The van der Waals surface area contributed by atoms with Crippen molar-refractivity contribution >= 4 is 39.8 Å². The van der Waals surface area contributed by atoms with Crippen LogP contribution in [-0.4, -0.2) is 26.1 Å². The van der Waals surface area contributed by atoms with Crippen LogP contribution in [0.2, 0.25) is 5.02 Å². The molecule has 0 bridgehead atoms. The van der Waals surface area contributed by atoms with Gasteiger partial charge < -0.3 is 14.8 Å². The number of methoxy groups -OCH3 is 2. The number of rotatable bonds is 4. The van der Waals surface area contributed by atoms with Gasteiger partial charge in [0, 0.05) is 5.56 Å². The van der Waals surface area contributed by atoms with Gasteiger partial charge in [-0.05, 0) is 29.6 Å². The monoisotopic (exact) mass is 325 g/mol. The van der Waals surface area contributed by atoms with E-state index in [4.69, 9.17) is 16.3 Å². The molecule has 1 N–H and O–H groups in total. The van der Waals surface area contributed by atoms with E-state index in [0.717, 1.165) is 0 Å². The largest absolute Gasteiger partial charge is 0.495 e. The summed E-state index contributed by atoms with van der Waals surface area (Å²) in [5.41, 5.74) is 0.681. The molecule has 21 heavy (non-hydrogen) atoms. The Morgan fingerprint density at radius 2 is 2.00 bits per heavy atom. The van der Waals surface area contributed by atoms with Crippen molar-refractivity contribution in [3.05, 3.63) is 45.8 Å². The molecule has 0 aliphatic carbocycles. The summed E-state index contributed by atoms with van der Waals surface area (Å²) in [4.78, 5) is 23.7. The Kier molecular flexibility index (Phi) is 4.82. The van der Waals surface area contributed by atoms with Crippen molar-refractivity contribution in [1.29, 1.82) is 0 Å². The molecule has 0 spiro atoms. The molecule has 0 saturated carbocycles. The molecule has 5 nitrogen and oxygen atoms in total. The van der Waals surface area contributed by atoms with Gasteiger partial charge in [-0.1, -0.05) is 11.6 Å². The lowest BCUT2D eigenvalue weighted by atomic mass is 10.2. The third kappa shape index (κ3) is 3.34. The Labute approximate surface area is 130 Å². The van der Waals surface area contributed by atoms with Gasteiger partial charge in [0.15, 0.2) is 0 Å². The van der Waals surface area contributed by atoms with Crippen molar-refractivity contribution in [2.45, 2.75) is 0 Å². The van der Waals surface area contributed by atoms with Crippen molar-refractivity contribution in [3.63, 3.8) is 0 Å². The van der Waals surface area contributed by atoms with Crippen LogP contribution in [-0.2, 0) is 4.74 Å². The van der Waals surface area contributed by atoms with Crippen LogP contribution >= 0.6 is 22.9 Å². The summed E-state index contributed by atoms with van der Waals surface area (Å²) in [6.07, 6.45) is 0. The minimum atomic E-state index is -0.501. The third-order valence-electron chi connectivity index (χ3n) is 2.71. The minimum Gasteiger partial charge on any atom is -0.495 e.